The lowest BCUT2D eigenvalue weighted by molar-refractivity contribution is -0.124. The van der Waals surface area contributed by atoms with E-state index in [1.165, 1.54) is 4.31 Å². The summed E-state index contributed by atoms with van der Waals surface area (Å²) in [5, 5.41) is 9.66. The Labute approximate surface area is 171 Å². The summed E-state index contributed by atoms with van der Waals surface area (Å²) in [7, 11) is -3.58. The van der Waals surface area contributed by atoms with Crippen LogP contribution in [0.5, 0.6) is 5.75 Å². The SMILES string of the molecule is Cc1cccc(OCC(=O)NC2CCN(S(=O)(=O)c3c(C)n[nH]c3C)CC2)c1C. The second kappa shape index (κ2) is 8.54. The Balaban J connectivity index is 1.52. The van der Waals surface area contributed by atoms with Gasteiger partial charge in [0, 0.05) is 19.1 Å². The van der Waals surface area contributed by atoms with Gasteiger partial charge in [0.2, 0.25) is 10.0 Å². The van der Waals surface area contributed by atoms with Gasteiger partial charge in [0.1, 0.15) is 10.6 Å². The number of sulfonamides is 1. The predicted molar refractivity (Wildman–Crippen MR) is 109 cm³/mol. The number of aryl methyl sites for hydroxylation is 3. The van der Waals surface area contributed by atoms with Gasteiger partial charge in [0.05, 0.1) is 11.4 Å². The number of amides is 1. The number of nitrogens with zero attached hydrogens (tertiary/aromatic N) is 2. The fraction of sp³-hybridized carbons (Fsp3) is 0.500. The molecule has 1 aliphatic heterocycles. The number of ether oxygens (including phenoxy) is 1. The van der Waals surface area contributed by atoms with Crippen LogP contribution in [-0.2, 0) is 14.8 Å². The van der Waals surface area contributed by atoms with Crippen molar-refractivity contribution in [3.63, 3.8) is 0 Å². The van der Waals surface area contributed by atoms with Crippen molar-refractivity contribution >= 4 is 15.9 Å². The second-order valence-electron chi connectivity index (χ2n) is 7.50. The van der Waals surface area contributed by atoms with Crippen LogP contribution < -0.4 is 10.1 Å². The summed E-state index contributed by atoms with van der Waals surface area (Å²) >= 11 is 0. The first kappa shape index (κ1) is 21.3. The minimum Gasteiger partial charge on any atom is -0.483 e. The molecule has 29 heavy (non-hydrogen) atoms. The van der Waals surface area contributed by atoms with Gasteiger partial charge in [-0.25, -0.2) is 8.42 Å². The van der Waals surface area contributed by atoms with Gasteiger partial charge in [-0.1, -0.05) is 12.1 Å². The fourth-order valence-corrected chi connectivity index (χ4v) is 5.38. The molecular formula is C20H28N4O4S. The van der Waals surface area contributed by atoms with Gasteiger partial charge >= 0.3 is 0 Å². The number of nitrogens with one attached hydrogen (secondary N) is 2. The molecule has 0 atom stereocenters. The van der Waals surface area contributed by atoms with Gasteiger partial charge in [-0.2, -0.15) is 9.40 Å². The quantitative estimate of drug-likeness (QED) is 0.744. The monoisotopic (exact) mass is 420 g/mol. The van der Waals surface area contributed by atoms with E-state index in [2.05, 4.69) is 15.5 Å². The average molecular weight is 421 g/mol. The highest BCUT2D eigenvalue weighted by atomic mass is 32.2. The van der Waals surface area contributed by atoms with Crippen LogP contribution in [0.15, 0.2) is 23.1 Å². The summed E-state index contributed by atoms with van der Waals surface area (Å²) in [4.78, 5) is 12.5. The van der Waals surface area contributed by atoms with Crippen molar-refractivity contribution < 1.29 is 17.9 Å². The van der Waals surface area contributed by atoms with Crippen LogP contribution in [0.4, 0.5) is 0 Å². The van der Waals surface area contributed by atoms with Crippen LogP contribution in [0.2, 0.25) is 0 Å². The van der Waals surface area contributed by atoms with Crippen molar-refractivity contribution in [2.45, 2.75) is 51.5 Å². The number of piperidine rings is 1. The lowest BCUT2D eigenvalue weighted by atomic mass is 10.1. The number of aromatic nitrogens is 2. The average Bonchev–Trinajstić information content (AvgIpc) is 3.02. The highest BCUT2D eigenvalue weighted by molar-refractivity contribution is 7.89. The lowest BCUT2D eigenvalue weighted by Gasteiger charge is -2.31. The van der Waals surface area contributed by atoms with Gasteiger partial charge < -0.3 is 10.1 Å². The van der Waals surface area contributed by atoms with E-state index in [-0.39, 0.29) is 23.5 Å². The van der Waals surface area contributed by atoms with E-state index in [1.807, 2.05) is 32.0 Å². The third kappa shape index (κ3) is 4.62. The van der Waals surface area contributed by atoms with Crippen molar-refractivity contribution in [1.29, 1.82) is 0 Å². The Bertz CT molecular complexity index is 972. The second-order valence-corrected chi connectivity index (χ2v) is 9.37. The Hall–Kier alpha value is -2.39. The van der Waals surface area contributed by atoms with Crippen LogP contribution in [0.1, 0.15) is 35.4 Å². The molecule has 8 nitrogen and oxygen atoms in total. The Kier molecular flexibility index (Phi) is 6.28. The van der Waals surface area contributed by atoms with Crippen LogP contribution in [0.25, 0.3) is 0 Å². The Morgan fingerprint density at radius 3 is 2.55 bits per heavy atom. The van der Waals surface area contributed by atoms with Crippen molar-refractivity contribution in [1.82, 2.24) is 19.8 Å². The van der Waals surface area contributed by atoms with Crippen LogP contribution in [-0.4, -0.2) is 54.6 Å². The number of H-pyrrole nitrogens is 1. The molecule has 1 aromatic carbocycles. The molecule has 1 amide bonds. The molecule has 0 saturated carbocycles. The zero-order valence-electron chi connectivity index (χ0n) is 17.3. The van der Waals surface area contributed by atoms with E-state index in [1.54, 1.807) is 13.8 Å². The third-order valence-electron chi connectivity index (χ3n) is 5.39. The fourth-order valence-electron chi connectivity index (χ4n) is 3.58. The van der Waals surface area contributed by atoms with Crippen LogP contribution in [0.3, 0.4) is 0 Å². The Morgan fingerprint density at radius 2 is 1.93 bits per heavy atom. The molecule has 2 N–H and O–H groups in total. The van der Waals surface area contributed by atoms with Gasteiger partial charge in [-0.05, 0) is 57.7 Å². The maximum absolute atomic E-state index is 12.9. The van der Waals surface area contributed by atoms with Crippen molar-refractivity contribution in [2.24, 2.45) is 0 Å². The first-order valence-electron chi connectivity index (χ1n) is 9.70. The smallest absolute Gasteiger partial charge is 0.258 e. The number of hydrogen-bond acceptors (Lipinski definition) is 5. The van der Waals surface area contributed by atoms with Gasteiger partial charge in [-0.15, -0.1) is 0 Å². The van der Waals surface area contributed by atoms with Gasteiger partial charge in [0.15, 0.2) is 6.61 Å². The van der Waals surface area contributed by atoms with Crippen molar-refractivity contribution in [3.05, 3.63) is 40.7 Å². The molecule has 2 heterocycles. The van der Waals surface area contributed by atoms with Crippen molar-refractivity contribution in [3.8, 4) is 5.75 Å². The topological polar surface area (TPSA) is 104 Å². The minimum absolute atomic E-state index is 0.0593. The normalized spacial score (nSPS) is 16.0. The molecule has 1 aromatic heterocycles. The first-order valence-corrected chi connectivity index (χ1v) is 11.1. The summed E-state index contributed by atoms with van der Waals surface area (Å²) in [6.07, 6.45) is 1.12. The highest BCUT2D eigenvalue weighted by Gasteiger charge is 2.33. The number of benzene rings is 1. The number of hydrogen-bond donors (Lipinski definition) is 2. The predicted octanol–water partition coefficient (Wildman–Crippen LogP) is 1.99. The summed E-state index contributed by atoms with van der Waals surface area (Å²) in [5.74, 6) is 0.501. The summed E-state index contributed by atoms with van der Waals surface area (Å²) in [5.41, 5.74) is 3.14. The van der Waals surface area contributed by atoms with Gasteiger partial charge in [-0.3, -0.25) is 9.89 Å². The molecule has 0 radical (unpaired) electrons. The van der Waals surface area contributed by atoms with E-state index in [0.717, 1.165) is 11.1 Å². The zero-order valence-corrected chi connectivity index (χ0v) is 18.1. The molecule has 2 aromatic rings. The molecule has 0 unspecified atom stereocenters. The molecule has 0 aliphatic carbocycles. The van der Waals surface area contributed by atoms with E-state index in [9.17, 15) is 13.2 Å². The lowest BCUT2D eigenvalue weighted by Crippen LogP contribution is -2.47. The Morgan fingerprint density at radius 1 is 1.24 bits per heavy atom. The number of carbonyl (C=O) groups excluding carboxylic acids is 1. The summed E-state index contributed by atoms with van der Waals surface area (Å²) in [6.45, 7) is 7.99. The van der Waals surface area contributed by atoms with Gasteiger partial charge in [0.25, 0.3) is 5.91 Å². The number of aromatic amines is 1. The van der Waals surface area contributed by atoms with E-state index < -0.39 is 10.0 Å². The first-order chi connectivity index (χ1) is 13.7. The minimum atomic E-state index is -3.58. The zero-order chi connectivity index (χ0) is 21.2. The van der Waals surface area contributed by atoms with E-state index in [4.69, 9.17) is 4.74 Å². The highest BCUT2D eigenvalue weighted by Crippen LogP contribution is 2.25. The maximum atomic E-state index is 12.9. The third-order valence-corrected chi connectivity index (χ3v) is 7.55. The standard InChI is InChI=1S/C20H28N4O4S/c1-13-6-5-7-18(14(13)2)28-12-19(25)21-17-8-10-24(11-9-17)29(26,27)20-15(3)22-23-16(20)4/h5-7,17H,8-12H2,1-4H3,(H,21,25)(H,22,23). The molecule has 9 heteroatoms. The summed E-state index contributed by atoms with van der Waals surface area (Å²) in [6, 6.07) is 5.67. The number of carbonyl (C=O) groups is 1. The molecule has 1 saturated heterocycles. The molecule has 0 bridgehead atoms. The van der Waals surface area contributed by atoms with Crippen LogP contribution >= 0.6 is 0 Å². The van der Waals surface area contributed by atoms with Crippen molar-refractivity contribution in [2.75, 3.05) is 19.7 Å². The molecule has 3 rings (SSSR count). The molecule has 158 valence electrons. The maximum Gasteiger partial charge on any atom is 0.258 e. The number of rotatable bonds is 6. The molecule has 0 spiro atoms. The molecular weight excluding hydrogens is 392 g/mol. The largest absolute Gasteiger partial charge is 0.483 e. The van der Waals surface area contributed by atoms with Crippen LogP contribution in [0, 0.1) is 27.7 Å². The summed E-state index contributed by atoms with van der Waals surface area (Å²) < 4.78 is 32.9. The van der Waals surface area contributed by atoms with E-state index in [0.29, 0.717) is 43.1 Å². The molecule has 1 fully saturated rings. The van der Waals surface area contributed by atoms with E-state index >= 15 is 0 Å². The molecule has 1 aliphatic rings.